The Kier molecular flexibility index (Phi) is 6.06. The van der Waals surface area contributed by atoms with Crippen LogP contribution in [0.2, 0.25) is 0 Å². The number of carbonyl (C=O) groups is 2. The van der Waals surface area contributed by atoms with Gasteiger partial charge in [-0.15, -0.1) is 5.10 Å². The van der Waals surface area contributed by atoms with Crippen LogP contribution in [0.25, 0.3) is 11.2 Å². The van der Waals surface area contributed by atoms with Gasteiger partial charge in [0.2, 0.25) is 5.91 Å². The Hall–Kier alpha value is -3.56. The van der Waals surface area contributed by atoms with E-state index in [-0.39, 0.29) is 17.8 Å². The van der Waals surface area contributed by atoms with Crippen molar-refractivity contribution >= 4 is 34.5 Å². The lowest BCUT2D eigenvalue weighted by Crippen LogP contribution is -2.52. The number of nitrogens with zero attached hydrogens (tertiary/aromatic N) is 6. The van der Waals surface area contributed by atoms with Gasteiger partial charge in [-0.2, -0.15) is 0 Å². The van der Waals surface area contributed by atoms with Crippen molar-refractivity contribution in [2.24, 2.45) is 5.92 Å². The summed E-state index contributed by atoms with van der Waals surface area (Å²) in [6, 6.07) is 6.74. The van der Waals surface area contributed by atoms with Crippen LogP contribution in [0, 0.1) is 5.92 Å². The normalized spacial score (nSPS) is 13.8. The molecule has 31 heavy (non-hydrogen) atoms. The molecule has 0 spiro atoms. The number of ether oxygens (including phenoxy) is 1. The van der Waals surface area contributed by atoms with E-state index in [0.29, 0.717) is 54.5 Å². The molecule has 3 heterocycles. The Balaban J connectivity index is 1.32. The van der Waals surface area contributed by atoms with Crippen LogP contribution in [-0.4, -0.2) is 56.5 Å². The topological polar surface area (TPSA) is 115 Å². The van der Waals surface area contributed by atoms with Crippen molar-refractivity contribution in [3.63, 3.8) is 0 Å². The van der Waals surface area contributed by atoms with E-state index >= 15 is 0 Å². The lowest BCUT2D eigenvalue weighted by Gasteiger charge is -2.38. The van der Waals surface area contributed by atoms with E-state index in [1.165, 1.54) is 6.33 Å². The van der Waals surface area contributed by atoms with Crippen molar-refractivity contribution in [1.82, 2.24) is 25.0 Å². The van der Waals surface area contributed by atoms with Crippen LogP contribution in [0.5, 0.6) is 0 Å². The molecular weight excluding hydrogens is 398 g/mol. The number of hydrogen-bond donors (Lipinski definition) is 1. The van der Waals surface area contributed by atoms with E-state index in [1.807, 2.05) is 18.7 Å². The number of carbonyl (C=O) groups excluding carboxylic acids is 2. The third-order valence-corrected chi connectivity index (χ3v) is 5.25. The average molecular weight is 423 g/mol. The van der Waals surface area contributed by atoms with Gasteiger partial charge in [-0.25, -0.2) is 19.4 Å². The second-order valence-corrected chi connectivity index (χ2v) is 7.43. The second-order valence-electron chi connectivity index (χ2n) is 7.43. The fourth-order valence-electron chi connectivity index (χ4n) is 3.37. The molecule has 0 radical (unpaired) electrons. The average Bonchev–Trinajstić information content (AvgIpc) is 3.17. The van der Waals surface area contributed by atoms with E-state index < -0.39 is 0 Å². The van der Waals surface area contributed by atoms with Gasteiger partial charge in [0.15, 0.2) is 17.0 Å². The quantitative estimate of drug-likeness (QED) is 0.433. The highest BCUT2D eigenvalue weighted by molar-refractivity contribution is 5.96. The molecule has 1 fully saturated rings. The number of rotatable bonds is 8. The van der Waals surface area contributed by atoms with Gasteiger partial charge in [-0.05, 0) is 37.6 Å². The predicted molar refractivity (Wildman–Crippen MR) is 115 cm³/mol. The van der Waals surface area contributed by atoms with Gasteiger partial charge in [0.25, 0.3) is 0 Å². The Morgan fingerprint density at radius 1 is 1.16 bits per heavy atom. The summed E-state index contributed by atoms with van der Waals surface area (Å²) in [7, 11) is 0. The molecule has 0 atom stereocenters. The highest BCUT2D eigenvalue weighted by atomic mass is 16.5. The number of benzene rings is 1. The van der Waals surface area contributed by atoms with Gasteiger partial charge in [-0.1, -0.05) is 18.6 Å². The zero-order valence-corrected chi connectivity index (χ0v) is 17.6. The monoisotopic (exact) mass is 423 g/mol. The largest absolute Gasteiger partial charge is 0.462 e. The molecule has 3 aromatic rings. The number of amides is 1. The Morgan fingerprint density at radius 2 is 1.94 bits per heavy atom. The summed E-state index contributed by atoms with van der Waals surface area (Å²) >= 11 is 0. The first-order chi connectivity index (χ1) is 15.1. The molecule has 0 saturated carbocycles. The summed E-state index contributed by atoms with van der Waals surface area (Å²) in [5.74, 6) is 0.110. The van der Waals surface area contributed by atoms with Crippen molar-refractivity contribution < 1.29 is 14.3 Å². The minimum absolute atomic E-state index is 0.0722. The van der Waals surface area contributed by atoms with Gasteiger partial charge in [-0.3, -0.25) is 4.79 Å². The Labute approximate surface area is 179 Å². The molecule has 4 rings (SSSR count). The van der Waals surface area contributed by atoms with Crippen molar-refractivity contribution in [3.8, 4) is 0 Å². The lowest BCUT2D eigenvalue weighted by atomic mass is 9.99. The smallest absolute Gasteiger partial charge is 0.338 e. The first-order valence-corrected chi connectivity index (χ1v) is 10.5. The Morgan fingerprint density at radius 3 is 2.65 bits per heavy atom. The van der Waals surface area contributed by atoms with Crippen LogP contribution >= 0.6 is 0 Å². The molecule has 10 heteroatoms. The van der Waals surface area contributed by atoms with Crippen LogP contribution in [0.3, 0.4) is 0 Å². The van der Waals surface area contributed by atoms with E-state index in [4.69, 9.17) is 4.74 Å². The SMILES string of the molecule is CCCCOC(=O)c1ccc(NC(=O)C2CN(c3ncnc4c3nnn4CC)C2)cc1. The third kappa shape index (κ3) is 4.32. The van der Waals surface area contributed by atoms with Crippen molar-refractivity contribution in [2.45, 2.75) is 33.2 Å². The highest BCUT2D eigenvalue weighted by Gasteiger charge is 2.35. The minimum atomic E-state index is -0.350. The predicted octanol–water partition coefficient (Wildman–Crippen LogP) is 2.27. The van der Waals surface area contributed by atoms with Crippen molar-refractivity contribution in [3.05, 3.63) is 36.2 Å². The fourth-order valence-corrected chi connectivity index (χ4v) is 3.37. The number of fused-ring (bicyclic) bond motifs is 1. The summed E-state index contributed by atoms with van der Waals surface area (Å²) in [5.41, 5.74) is 2.44. The molecule has 1 aromatic carbocycles. The number of nitrogens with one attached hydrogen (secondary N) is 1. The molecule has 0 bridgehead atoms. The molecule has 0 aliphatic carbocycles. The summed E-state index contributed by atoms with van der Waals surface area (Å²) < 4.78 is 6.91. The summed E-state index contributed by atoms with van der Waals surface area (Å²) in [5, 5.41) is 11.2. The molecule has 10 nitrogen and oxygen atoms in total. The van der Waals surface area contributed by atoms with E-state index in [9.17, 15) is 9.59 Å². The minimum Gasteiger partial charge on any atom is -0.462 e. The number of anilines is 2. The standard InChI is InChI=1S/C21H25N7O3/c1-3-5-10-31-21(30)14-6-8-16(9-7-14)24-20(29)15-11-27(12-15)18-17-19(23-13-22-18)28(4-2)26-25-17/h6-9,13,15H,3-5,10-12H2,1-2H3,(H,24,29). The highest BCUT2D eigenvalue weighted by Crippen LogP contribution is 2.28. The molecule has 1 N–H and O–H groups in total. The zero-order valence-electron chi connectivity index (χ0n) is 17.6. The number of aromatic nitrogens is 5. The molecule has 1 amide bonds. The molecule has 0 unspecified atom stereocenters. The first-order valence-electron chi connectivity index (χ1n) is 10.5. The summed E-state index contributed by atoms with van der Waals surface area (Å²) in [4.78, 5) is 35.1. The molecular formula is C21H25N7O3. The van der Waals surface area contributed by atoms with Crippen LogP contribution in [0.15, 0.2) is 30.6 Å². The maximum atomic E-state index is 12.6. The maximum absolute atomic E-state index is 12.6. The van der Waals surface area contributed by atoms with E-state index in [1.54, 1.807) is 28.9 Å². The molecule has 2 aromatic heterocycles. The maximum Gasteiger partial charge on any atom is 0.338 e. The van der Waals surface area contributed by atoms with Gasteiger partial charge in [0.05, 0.1) is 18.1 Å². The first kappa shape index (κ1) is 20.7. The van der Waals surface area contributed by atoms with Gasteiger partial charge in [0.1, 0.15) is 6.33 Å². The van der Waals surface area contributed by atoms with Gasteiger partial charge in [0, 0.05) is 25.3 Å². The van der Waals surface area contributed by atoms with Gasteiger partial charge < -0.3 is 15.0 Å². The molecule has 1 aliphatic heterocycles. The van der Waals surface area contributed by atoms with Crippen LogP contribution in [-0.2, 0) is 16.1 Å². The summed E-state index contributed by atoms with van der Waals surface area (Å²) in [6.45, 7) is 6.18. The van der Waals surface area contributed by atoms with E-state index in [0.717, 1.165) is 12.8 Å². The van der Waals surface area contributed by atoms with Crippen molar-refractivity contribution in [2.75, 3.05) is 29.9 Å². The second kappa shape index (κ2) is 9.07. The van der Waals surface area contributed by atoms with Crippen LogP contribution in [0.1, 0.15) is 37.0 Å². The molecule has 162 valence electrons. The third-order valence-electron chi connectivity index (χ3n) is 5.25. The van der Waals surface area contributed by atoms with Gasteiger partial charge >= 0.3 is 5.97 Å². The lowest BCUT2D eigenvalue weighted by molar-refractivity contribution is -0.120. The molecule has 1 aliphatic rings. The number of aryl methyl sites for hydroxylation is 1. The van der Waals surface area contributed by atoms with E-state index in [2.05, 4.69) is 25.6 Å². The molecule has 1 saturated heterocycles. The number of unbranched alkanes of at least 4 members (excludes halogenated alkanes) is 1. The number of hydrogen-bond acceptors (Lipinski definition) is 8. The summed E-state index contributed by atoms with van der Waals surface area (Å²) in [6.07, 6.45) is 3.31. The number of esters is 1. The van der Waals surface area contributed by atoms with Crippen LogP contribution in [0.4, 0.5) is 11.5 Å². The van der Waals surface area contributed by atoms with Crippen LogP contribution < -0.4 is 10.2 Å². The zero-order chi connectivity index (χ0) is 21.8. The van der Waals surface area contributed by atoms with Crippen molar-refractivity contribution in [1.29, 1.82) is 0 Å². The fraction of sp³-hybridized carbons (Fsp3) is 0.429. The Bertz CT molecular complexity index is 1070.